The Labute approximate surface area is 505 Å². The summed E-state index contributed by atoms with van der Waals surface area (Å²) in [6.07, 6.45) is 3.18. The number of ether oxygens (including phenoxy) is 8. The van der Waals surface area contributed by atoms with E-state index in [-0.39, 0.29) is 62.1 Å². The van der Waals surface area contributed by atoms with Crippen LogP contribution in [0.15, 0.2) is 50.6 Å². The molecule has 90 heavy (non-hydrogen) atoms. The molecular formula is C44H63N20O23P3. The molecule has 46 heteroatoms. The Kier molecular flexibility index (Phi) is 21.4. The van der Waals surface area contributed by atoms with Gasteiger partial charge in [0.05, 0.1) is 63.9 Å². The minimum absolute atomic E-state index is 0.0416. The number of nitrogen functional groups attached to an aromatic ring is 4. The zero-order valence-corrected chi connectivity index (χ0v) is 50.2. The number of phosphoric ester groups is 1. The highest BCUT2D eigenvalue weighted by Crippen LogP contribution is 2.66. The van der Waals surface area contributed by atoms with E-state index in [0.717, 1.165) is 0 Å². The number of aromatic nitrogens is 16. The lowest BCUT2D eigenvalue weighted by Gasteiger charge is -2.20. The molecule has 4 fully saturated rings. The lowest BCUT2D eigenvalue weighted by atomic mass is 10.1. The molecule has 8 aromatic heterocycles. The second kappa shape index (κ2) is 28.4. The highest BCUT2D eigenvalue weighted by molar-refractivity contribution is 7.66. The fraction of sp³-hybridized carbons (Fsp3) is 0.545. The Morgan fingerprint density at radius 2 is 0.922 bits per heavy atom. The topological polar surface area (TPSA) is 613 Å². The first-order valence-electron chi connectivity index (χ1n) is 26.3. The number of hydrogen-bond donors (Lipinski definition) is 13. The Bertz CT molecular complexity index is 3880. The molecule has 4 aliphatic rings. The third-order valence-electron chi connectivity index (χ3n) is 14.2. The van der Waals surface area contributed by atoms with Gasteiger partial charge in [0.1, 0.15) is 102 Å². The van der Waals surface area contributed by atoms with Crippen LogP contribution in [0.4, 0.5) is 23.3 Å². The van der Waals surface area contributed by atoms with Crippen LogP contribution in [0.3, 0.4) is 0 Å². The van der Waals surface area contributed by atoms with E-state index in [1.807, 2.05) is 0 Å². The number of nitrogens with zero attached hydrogens (tertiary/aromatic N) is 16. The molecule has 8 aromatic rings. The van der Waals surface area contributed by atoms with E-state index >= 15 is 0 Å². The molecule has 0 bridgehead atoms. The van der Waals surface area contributed by atoms with Crippen molar-refractivity contribution in [1.29, 1.82) is 0 Å². The van der Waals surface area contributed by atoms with Crippen LogP contribution in [0.1, 0.15) is 37.8 Å². The van der Waals surface area contributed by atoms with Gasteiger partial charge < -0.3 is 106 Å². The van der Waals surface area contributed by atoms with E-state index in [1.165, 1.54) is 65.6 Å². The number of hydrogen-bond acceptors (Lipinski definition) is 35. The number of aliphatic hydroxyl groups excluding tert-OH is 5. The number of aliphatic hydroxyl groups is 5. The zero-order valence-electron chi connectivity index (χ0n) is 47.5. The van der Waals surface area contributed by atoms with Crippen molar-refractivity contribution in [3.05, 3.63) is 50.6 Å². The highest BCUT2D eigenvalue weighted by atomic mass is 31.3. The molecule has 12 heterocycles. The standard InChI is InChI=1S/C11H18N5O12P3.2C11H15N5O4.C11H15N5O3/c1-24-6-2-8(16-5-15-9-10(12)13-4-14-11(9)16)26-7(6)3-25-30(20,21)28-31(22,23)27-29(17,18)19;1-19-8-5(2-17)20-11(7(8)18)16-4-15-6-9(12)13-3-14-10(6)16;1-19-8-7(18)5(2-17)20-11(8)16-4-15-6-9(12)13-3-14-10(6)16;1-18-7-2-6(3-17)19-11(7)16-5-15-8-9(12)13-4-14-10(8)16/h4-8H,2-3H2,1H3,(H,20,21)(H,22,23)(H2,12,13,14)(H2,17,18,19);2*3-5,7-8,11,17-18H,2H2,1H3,(H2,12,13,14);4-7,11,17H,2-3H2,1H3,(H2,12,13,14)/t6-,7+,8+;2*5-,7-,8-,11-;6-,7+,11+/m0110/s1. The van der Waals surface area contributed by atoms with E-state index in [0.29, 0.717) is 56.9 Å². The molecule has 43 nitrogen and oxygen atoms in total. The van der Waals surface area contributed by atoms with E-state index in [2.05, 4.69) is 73.0 Å². The number of anilines is 4. The van der Waals surface area contributed by atoms with Gasteiger partial charge in [0.15, 0.2) is 64.5 Å². The van der Waals surface area contributed by atoms with Gasteiger partial charge in [-0.25, -0.2) is 73.5 Å². The Balaban J connectivity index is 0.000000145. The Morgan fingerprint density at radius 3 is 1.36 bits per heavy atom. The molecule has 0 aliphatic carbocycles. The van der Waals surface area contributed by atoms with Crippen LogP contribution < -0.4 is 22.9 Å². The molecular weight excluding hydrogens is 1270 g/mol. The summed E-state index contributed by atoms with van der Waals surface area (Å²) in [6, 6.07) is 0. The smallest absolute Gasteiger partial charge is 0.394 e. The second-order valence-corrected chi connectivity index (χ2v) is 24.0. The van der Waals surface area contributed by atoms with Gasteiger partial charge in [0.2, 0.25) is 0 Å². The first-order chi connectivity index (χ1) is 42.9. The van der Waals surface area contributed by atoms with Crippen molar-refractivity contribution in [2.45, 2.75) is 98.8 Å². The second-order valence-electron chi connectivity index (χ2n) is 19.6. The predicted molar refractivity (Wildman–Crippen MR) is 300 cm³/mol. The van der Waals surface area contributed by atoms with Gasteiger partial charge in [-0.3, -0.25) is 22.8 Å². The SMILES string of the molecule is CO[C@@H]1C[C@@H](CO)O[C@H]1n1cnc2c(N)ncnc21.CO[C@@H]1[C@H](O)[C@@H](CO)O[C@H]1n1cnc2c(N)ncnc21.CO[C@H]1C[C@H](n2cnc3c(N)ncnc32)O[C@@H]1COP(=O)(O)OP(=O)(O)OP(=O)(O)O.CO[C@H]1[C@@H](O)[C@H](n2cnc3c(N)ncnc32)O[C@@H]1CO. The molecule has 12 rings (SSSR count). The van der Waals surface area contributed by atoms with Crippen molar-refractivity contribution in [1.82, 2.24) is 78.1 Å². The lowest BCUT2D eigenvalue weighted by molar-refractivity contribution is -0.0583. The first kappa shape index (κ1) is 67.7. The van der Waals surface area contributed by atoms with Gasteiger partial charge >= 0.3 is 23.5 Å². The van der Waals surface area contributed by atoms with Crippen molar-refractivity contribution in [2.75, 3.05) is 77.8 Å². The lowest BCUT2D eigenvalue weighted by Crippen LogP contribution is -2.35. The first-order valence-corrected chi connectivity index (χ1v) is 30.8. The molecule has 0 aromatic carbocycles. The van der Waals surface area contributed by atoms with E-state index < -0.39 is 97.6 Å². The maximum absolute atomic E-state index is 11.9. The number of fused-ring (bicyclic) bond motifs is 4. The molecule has 0 spiro atoms. The van der Waals surface area contributed by atoms with Crippen molar-refractivity contribution in [3.8, 4) is 0 Å². The Morgan fingerprint density at radius 1 is 0.478 bits per heavy atom. The summed E-state index contributed by atoms with van der Waals surface area (Å²) in [5, 5.41) is 48.0. The van der Waals surface area contributed by atoms with Crippen molar-refractivity contribution in [3.63, 3.8) is 0 Å². The summed E-state index contributed by atoms with van der Waals surface area (Å²) in [4.78, 5) is 84.3. The summed E-state index contributed by atoms with van der Waals surface area (Å²) in [6.45, 7) is -1.25. The average molecular weight is 1330 g/mol. The molecule has 2 unspecified atom stereocenters. The van der Waals surface area contributed by atoms with Crippen LogP contribution in [-0.2, 0) is 64.7 Å². The van der Waals surface area contributed by atoms with Gasteiger partial charge in [0, 0.05) is 41.3 Å². The fourth-order valence-corrected chi connectivity index (χ4v) is 13.0. The molecule has 16 atom stereocenters. The molecule has 17 N–H and O–H groups in total. The number of imidazole rings is 4. The summed E-state index contributed by atoms with van der Waals surface area (Å²) < 4.78 is 96.2. The Hall–Kier alpha value is -6.71. The summed E-state index contributed by atoms with van der Waals surface area (Å²) in [5.74, 6) is 1.01. The normalized spacial score (nSPS) is 28.1. The van der Waals surface area contributed by atoms with Crippen LogP contribution in [0.2, 0.25) is 0 Å². The maximum atomic E-state index is 11.9. The van der Waals surface area contributed by atoms with Gasteiger partial charge in [-0.15, -0.1) is 0 Å². The van der Waals surface area contributed by atoms with Gasteiger partial charge in [-0.1, -0.05) is 0 Å². The monoisotopic (exact) mass is 1330 g/mol. The van der Waals surface area contributed by atoms with E-state index in [4.69, 9.17) is 70.6 Å². The molecule has 0 amide bonds. The summed E-state index contributed by atoms with van der Waals surface area (Å²) >= 11 is 0. The van der Waals surface area contributed by atoms with Gasteiger partial charge in [-0.2, -0.15) is 8.62 Å². The predicted octanol–water partition coefficient (Wildman–Crippen LogP) is -2.89. The van der Waals surface area contributed by atoms with Crippen LogP contribution in [0.25, 0.3) is 44.7 Å². The number of rotatable bonds is 18. The van der Waals surface area contributed by atoms with Crippen LogP contribution in [0.5, 0.6) is 0 Å². The molecule has 4 aliphatic heterocycles. The van der Waals surface area contributed by atoms with E-state index in [1.54, 1.807) is 31.7 Å². The van der Waals surface area contributed by atoms with Crippen LogP contribution in [0, 0.1) is 0 Å². The van der Waals surface area contributed by atoms with Crippen molar-refractivity contribution >= 4 is 91.4 Å². The van der Waals surface area contributed by atoms with Gasteiger partial charge in [-0.05, 0) is 0 Å². The third-order valence-corrected chi connectivity index (χ3v) is 18.0. The minimum Gasteiger partial charge on any atom is -0.394 e. The van der Waals surface area contributed by atoms with Gasteiger partial charge in [0.25, 0.3) is 0 Å². The number of methoxy groups -OCH3 is 4. The summed E-state index contributed by atoms with van der Waals surface area (Å²) in [5.41, 5.74) is 26.6. The summed E-state index contributed by atoms with van der Waals surface area (Å²) in [7, 11) is -10.5. The largest absolute Gasteiger partial charge is 0.490 e. The third kappa shape index (κ3) is 14.6. The molecule has 4 saturated heterocycles. The average Bonchev–Trinajstić information content (AvgIpc) is 1.75. The van der Waals surface area contributed by atoms with Crippen molar-refractivity contribution in [2.24, 2.45) is 0 Å². The zero-order chi connectivity index (χ0) is 65.0. The van der Waals surface area contributed by atoms with Crippen LogP contribution >= 0.6 is 23.5 Å². The van der Waals surface area contributed by atoms with Crippen LogP contribution in [-0.4, -0.2) is 239 Å². The maximum Gasteiger partial charge on any atom is 0.490 e. The van der Waals surface area contributed by atoms with E-state index in [9.17, 15) is 49.0 Å². The number of nitrogens with two attached hydrogens (primary N) is 4. The highest BCUT2D eigenvalue weighted by Gasteiger charge is 2.48. The minimum atomic E-state index is -5.61. The number of phosphoric acid groups is 3. The fourth-order valence-electron chi connectivity index (χ4n) is 10.0. The quantitative estimate of drug-likeness (QED) is 0.0383. The van der Waals surface area contributed by atoms with Crippen molar-refractivity contribution < 1.29 is 110 Å². The molecule has 492 valence electrons. The molecule has 0 saturated carbocycles. The molecule has 0 radical (unpaired) electrons.